The van der Waals surface area contributed by atoms with Gasteiger partial charge < -0.3 is 0 Å². The zero-order valence-corrected chi connectivity index (χ0v) is 11.3. The van der Waals surface area contributed by atoms with Gasteiger partial charge in [-0.05, 0) is 56.3 Å². The van der Waals surface area contributed by atoms with Crippen LogP contribution >= 0.6 is 11.6 Å². The predicted molar refractivity (Wildman–Crippen MR) is 71.9 cm³/mol. The largest absolute Gasteiger partial charge is 0.123 e. The maximum atomic E-state index is 6.11. The first-order valence-corrected chi connectivity index (χ1v) is 7.48. The molecule has 2 atom stereocenters. The number of hydrogen-bond donors (Lipinski definition) is 0. The van der Waals surface area contributed by atoms with Crippen molar-refractivity contribution in [3.63, 3.8) is 0 Å². The van der Waals surface area contributed by atoms with E-state index in [2.05, 4.69) is 19.1 Å². The van der Waals surface area contributed by atoms with Crippen molar-refractivity contribution in [2.24, 2.45) is 11.3 Å². The quantitative estimate of drug-likeness (QED) is 0.451. The first-order valence-electron chi connectivity index (χ1n) is 7.05. The Morgan fingerprint density at radius 1 is 1.31 bits per heavy atom. The number of alkyl halides is 1. The highest BCUT2D eigenvalue weighted by Crippen LogP contribution is 2.47. The number of halogens is 1. The van der Waals surface area contributed by atoms with Gasteiger partial charge in [0, 0.05) is 5.38 Å². The fraction of sp³-hybridized carbons (Fsp3) is 0.867. The average molecular weight is 241 g/mol. The third-order valence-corrected chi connectivity index (χ3v) is 5.22. The van der Waals surface area contributed by atoms with Gasteiger partial charge in [0.05, 0.1) is 0 Å². The topological polar surface area (TPSA) is 0 Å². The highest BCUT2D eigenvalue weighted by atomic mass is 35.5. The molecule has 16 heavy (non-hydrogen) atoms. The molecule has 2 aliphatic rings. The maximum absolute atomic E-state index is 6.11. The summed E-state index contributed by atoms with van der Waals surface area (Å²) in [7, 11) is 0. The van der Waals surface area contributed by atoms with Crippen LogP contribution in [-0.2, 0) is 0 Å². The summed E-state index contributed by atoms with van der Waals surface area (Å²) in [5, 5.41) is 0.447. The van der Waals surface area contributed by atoms with Gasteiger partial charge in [-0.1, -0.05) is 31.9 Å². The fourth-order valence-electron chi connectivity index (χ4n) is 3.27. The van der Waals surface area contributed by atoms with Crippen LogP contribution in [0.1, 0.15) is 64.7 Å². The lowest BCUT2D eigenvalue weighted by atomic mass is 9.64. The van der Waals surface area contributed by atoms with Crippen LogP contribution in [0, 0.1) is 11.3 Å². The maximum Gasteiger partial charge on any atom is 0.0341 e. The zero-order valence-electron chi connectivity index (χ0n) is 10.6. The van der Waals surface area contributed by atoms with Crippen molar-refractivity contribution >= 4 is 11.6 Å². The molecule has 0 saturated heterocycles. The van der Waals surface area contributed by atoms with Gasteiger partial charge in [0.25, 0.3) is 0 Å². The Morgan fingerprint density at radius 2 is 2.12 bits per heavy atom. The van der Waals surface area contributed by atoms with Crippen LogP contribution < -0.4 is 0 Å². The predicted octanol–water partition coefficient (Wildman–Crippen LogP) is 5.31. The summed E-state index contributed by atoms with van der Waals surface area (Å²) >= 11 is 6.11. The molecular weight excluding hydrogens is 216 g/mol. The van der Waals surface area contributed by atoms with Crippen LogP contribution in [-0.4, -0.2) is 5.38 Å². The summed E-state index contributed by atoms with van der Waals surface area (Å²) in [5.41, 5.74) is 0.731. The molecule has 0 aliphatic heterocycles. The van der Waals surface area contributed by atoms with E-state index < -0.39 is 0 Å². The van der Waals surface area contributed by atoms with Crippen molar-refractivity contribution in [2.75, 3.05) is 0 Å². The smallest absolute Gasteiger partial charge is 0.0341 e. The normalized spacial score (nSPS) is 33.1. The number of rotatable bonds is 5. The third kappa shape index (κ3) is 3.03. The molecule has 0 aromatic rings. The Hall–Kier alpha value is 0.0300. The molecule has 0 aromatic heterocycles. The molecule has 0 unspecified atom stereocenters. The third-order valence-electron chi connectivity index (χ3n) is 4.82. The van der Waals surface area contributed by atoms with Gasteiger partial charge in [-0.15, -0.1) is 11.6 Å². The molecule has 0 nitrogen and oxygen atoms in total. The lowest BCUT2D eigenvalue weighted by Gasteiger charge is -2.41. The van der Waals surface area contributed by atoms with Crippen LogP contribution in [0.2, 0.25) is 0 Å². The van der Waals surface area contributed by atoms with Crippen molar-refractivity contribution in [1.29, 1.82) is 0 Å². The SMILES string of the molecule is CCC1(CC/C=C/[C@H]2CC[C@@H](Cl)C2)CCC1. The minimum atomic E-state index is 0.447. The van der Waals surface area contributed by atoms with Crippen molar-refractivity contribution in [2.45, 2.75) is 70.1 Å². The van der Waals surface area contributed by atoms with E-state index in [1.165, 1.54) is 57.8 Å². The highest BCUT2D eigenvalue weighted by molar-refractivity contribution is 6.20. The first-order chi connectivity index (χ1) is 7.74. The zero-order chi connectivity index (χ0) is 11.4. The molecule has 0 amide bonds. The Labute approximate surface area is 105 Å². The van der Waals surface area contributed by atoms with E-state index in [0.717, 1.165) is 11.3 Å². The van der Waals surface area contributed by atoms with E-state index in [1.807, 2.05) is 0 Å². The molecule has 0 N–H and O–H groups in total. The summed E-state index contributed by atoms with van der Waals surface area (Å²) in [6, 6.07) is 0. The molecule has 92 valence electrons. The van der Waals surface area contributed by atoms with Crippen LogP contribution in [0.4, 0.5) is 0 Å². The lowest BCUT2D eigenvalue weighted by Crippen LogP contribution is -2.28. The Kier molecular flexibility index (Phi) is 4.35. The van der Waals surface area contributed by atoms with Gasteiger partial charge in [0.1, 0.15) is 0 Å². The molecule has 0 radical (unpaired) electrons. The fourth-order valence-corrected chi connectivity index (χ4v) is 3.62. The summed E-state index contributed by atoms with van der Waals surface area (Å²) in [6.45, 7) is 2.36. The molecule has 0 heterocycles. The number of hydrogen-bond acceptors (Lipinski definition) is 0. The van der Waals surface area contributed by atoms with E-state index in [0.29, 0.717) is 5.38 Å². The van der Waals surface area contributed by atoms with Crippen molar-refractivity contribution in [1.82, 2.24) is 0 Å². The van der Waals surface area contributed by atoms with Crippen LogP contribution in [0.25, 0.3) is 0 Å². The van der Waals surface area contributed by atoms with Crippen molar-refractivity contribution in [3.05, 3.63) is 12.2 Å². The van der Waals surface area contributed by atoms with Crippen molar-refractivity contribution in [3.8, 4) is 0 Å². The Bertz CT molecular complexity index is 234. The van der Waals surface area contributed by atoms with Gasteiger partial charge in [0.15, 0.2) is 0 Å². The van der Waals surface area contributed by atoms with E-state index in [-0.39, 0.29) is 0 Å². The van der Waals surface area contributed by atoms with Crippen LogP contribution in [0.15, 0.2) is 12.2 Å². The second-order valence-electron chi connectivity index (χ2n) is 5.84. The van der Waals surface area contributed by atoms with Crippen LogP contribution in [0.5, 0.6) is 0 Å². The first kappa shape index (κ1) is 12.5. The second kappa shape index (κ2) is 5.58. The molecular formula is C15H25Cl. The minimum absolute atomic E-state index is 0.447. The van der Waals surface area contributed by atoms with E-state index in [4.69, 9.17) is 11.6 Å². The van der Waals surface area contributed by atoms with Gasteiger partial charge >= 0.3 is 0 Å². The molecule has 0 aromatic carbocycles. The standard InChI is InChI=1S/C15H25Cl/c1-2-15(10-5-11-15)9-4-3-6-13-7-8-14(16)12-13/h3,6,13-14H,2,4-5,7-12H2,1H3/b6-3+/t13-,14+/m0/s1. The van der Waals surface area contributed by atoms with Gasteiger partial charge in [0.2, 0.25) is 0 Å². The Balaban J connectivity index is 1.65. The highest BCUT2D eigenvalue weighted by Gasteiger charge is 2.33. The van der Waals surface area contributed by atoms with Gasteiger partial charge in [-0.25, -0.2) is 0 Å². The van der Waals surface area contributed by atoms with Gasteiger partial charge in [-0.2, -0.15) is 0 Å². The van der Waals surface area contributed by atoms with Crippen molar-refractivity contribution < 1.29 is 0 Å². The molecule has 2 fully saturated rings. The molecule has 1 heteroatoms. The Morgan fingerprint density at radius 3 is 2.62 bits per heavy atom. The average Bonchev–Trinajstić information content (AvgIpc) is 2.62. The molecule has 0 spiro atoms. The molecule has 2 rings (SSSR count). The summed E-state index contributed by atoms with van der Waals surface area (Å²) in [6.07, 6.45) is 17.1. The van der Waals surface area contributed by atoms with E-state index in [9.17, 15) is 0 Å². The van der Waals surface area contributed by atoms with Crippen LogP contribution in [0.3, 0.4) is 0 Å². The lowest BCUT2D eigenvalue weighted by molar-refractivity contribution is 0.115. The molecule has 0 bridgehead atoms. The summed E-state index contributed by atoms with van der Waals surface area (Å²) < 4.78 is 0. The van der Waals surface area contributed by atoms with Gasteiger partial charge in [-0.3, -0.25) is 0 Å². The minimum Gasteiger partial charge on any atom is -0.123 e. The summed E-state index contributed by atoms with van der Waals surface area (Å²) in [4.78, 5) is 0. The van der Waals surface area contributed by atoms with E-state index in [1.54, 1.807) is 0 Å². The molecule has 2 saturated carbocycles. The summed E-state index contributed by atoms with van der Waals surface area (Å²) in [5.74, 6) is 0.779. The molecule has 2 aliphatic carbocycles. The second-order valence-corrected chi connectivity index (χ2v) is 6.46. The van der Waals surface area contributed by atoms with E-state index >= 15 is 0 Å². The number of allylic oxidation sites excluding steroid dienone is 2. The monoisotopic (exact) mass is 240 g/mol.